The maximum atomic E-state index is 12.2. The SMILES string of the molecule is Cc1cccc(C=C2SC(=S)N(CCC(=O)O)C2=O)c1. The first kappa shape index (κ1) is 14.7. The Morgan fingerprint density at radius 2 is 2.25 bits per heavy atom. The van der Waals surface area contributed by atoms with Crippen molar-refractivity contribution in [1.82, 2.24) is 4.90 Å². The average Bonchev–Trinajstić information content (AvgIpc) is 2.62. The molecule has 0 saturated carbocycles. The Morgan fingerprint density at radius 3 is 2.90 bits per heavy atom. The van der Waals surface area contributed by atoms with Crippen LogP contribution in [0.1, 0.15) is 17.5 Å². The van der Waals surface area contributed by atoms with Gasteiger partial charge in [-0.05, 0) is 18.6 Å². The summed E-state index contributed by atoms with van der Waals surface area (Å²) in [5, 5.41) is 8.68. The standard InChI is InChI=1S/C14H13NO3S2/c1-9-3-2-4-10(7-9)8-11-13(18)15(14(19)20-11)6-5-12(16)17/h2-4,7-8H,5-6H2,1H3,(H,16,17). The lowest BCUT2D eigenvalue weighted by molar-refractivity contribution is -0.137. The maximum Gasteiger partial charge on any atom is 0.305 e. The number of hydrogen-bond donors (Lipinski definition) is 1. The third kappa shape index (κ3) is 3.46. The molecule has 1 aliphatic rings. The van der Waals surface area contributed by atoms with Crippen molar-refractivity contribution in [3.05, 3.63) is 40.3 Å². The van der Waals surface area contributed by atoms with E-state index in [1.165, 1.54) is 16.7 Å². The number of aryl methyl sites for hydroxylation is 1. The minimum absolute atomic E-state index is 0.107. The van der Waals surface area contributed by atoms with Crippen LogP contribution in [0.25, 0.3) is 6.08 Å². The van der Waals surface area contributed by atoms with Crippen LogP contribution in [-0.2, 0) is 9.59 Å². The second-order valence-corrected chi connectivity index (χ2v) is 6.07. The van der Waals surface area contributed by atoms with Crippen molar-refractivity contribution in [3.63, 3.8) is 0 Å². The highest BCUT2D eigenvalue weighted by Crippen LogP contribution is 2.32. The van der Waals surface area contributed by atoms with E-state index in [-0.39, 0.29) is 18.9 Å². The Bertz CT molecular complexity index is 610. The topological polar surface area (TPSA) is 57.6 Å². The van der Waals surface area contributed by atoms with Gasteiger partial charge in [0, 0.05) is 6.54 Å². The zero-order chi connectivity index (χ0) is 14.7. The number of benzene rings is 1. The molecule has 1 aromatic carbocycles. The number of rotatable bonds is 4. The van der Waals surface area contributed by atoms with E-state index < -0.39 is 5.97 Å². The number of carboxylic acids is 1. The van der Waals surface area contributed by atoms with E-state index in [2.05, 4.69) is 0 Å². The molecule has 4 nitrogen and oxygen atoms in total. The first-order valence-electron chi connectivity index (χ1n) is 6.01. The molecule has 0 spiro atoms. The van der Waals surface area contributed by atoms with E-state index in [4.69, 9.17) is 17.3 Å². The molecule has 1 fully saturated rings. The normalized spacial score (nSPS) is 17.1. The minimum Gasteiger partial charge on any atom is -0.481 e. The van der Waals surface area contributed by atoms with Crippen LogP contribution in [0.2, 0.25) is 0 Å². The summed E-state index contributed by atoms with van der Waals surface area (Å²) in [6.07, 6.45) is 1.68. The predicted octanol–water partition coefficient (Wildman–Crippen LogP) is 2.67. The van der Waals surface area contributed by atoms with Gasteiger partial charge in [0.2, 0.25) is 0 Å². The van der Waals surface area contributed by atoms with Crippen molar-refractivity contribution >= 4 is 46.3 Å². The molecule has 104 valence electrons. The fourth-order valence-electron chi connectivity index (χ4n) is 1.81. The maximum absolute atomic E-state index is 12.2. The molecular formula is C14H13NO3S2. The Balaban J connectivity index is 2.17. The molecule has 0 unspecified atom stereocenters. The molecule has 1 N–H and O–H groups in total. The lowest BCUT2D eigenvalue weighted by Gasteiger charge is -2.12. The summed E-state index contributed by atoms with van der Waals surface area (Å²) in [7, 11) is 0. The van der Waals surface area contributed by atoms with Gasteiger partial charge in [0.05, 0.1) is 11.3 Å². The van der Waals surface area contributed by atoms with Gasteiger partial charge >= 0.3 is 5.97 Å². The third-order valence-corrected chi connectivity index (χ3v) is 4.14. The summed E-state index contributed by atoms with van der Waals surface area (Å²) < 4.78 is 0.412. The molecule has 20 heavy (non-hydrogen) atoms. The highest BCUT2D eigenvalue weighted by molar-refractivity contribution is 8.26. The zero-order valence-electron chi connectivity index (χ0n) is 10.8. The van der Waals surface area contributed by atoms with Crippen molar-refractivity contribution in [2.75, 3.05) is 6.54 Å². The van der Waals surface area contributed by atoms with Crippen molar-refractivity contribution in [2.24, 2.45) is 0 Å². The molecule has 0 bridgehead atoms. The summed E-state index contributed by atoms with van der Waals surface area (Å²) >= 11 is 6.33. The summed E-state index contributed by atoms with van der Waals surface area (Å²) in [6.45, 7) is 2.10. The van der Waals surface area contributed by atoms with Gasteiger partial charge in [-0.1, -0.05) is 53.8 Å². The Kier molecular flexibility index (Phi) is 4.57. The number of thiocarbonyl (C=S) groups is 1. The van der Waals surface area contributed by atoms with Crippen LogP contribution in [0.4, 0.5) is 0 Å². The summed E-state index contributed by atoms with van der Waals surface area (Å²) in [6, 6.07) is 7.79. The highest BCUT2D eigenvalue weighted by Gasteiger charge is 2.31. The van der Waals surface area contributed by atoms with Crippen LogP contribution in [0.3, 0.4) is 0 Å². The Hall–Kier alpha value is -1.66. The van der Waals surface area contributed by atoms with Gasteiger partial charge in [-0.25, -0.2) is 0 Å². The van der Waals surface area contributed by atoms with Gasteiger partial charge in [-0.2, -0.15) is 0 Å². The van der Waals surface area contributed by atoms with Crippen molar-refractivity contribution in [1.29, 1.82) is 0 Å². The molecule has 0 aromatic heterocycles. The monoisotopic (exact) mass is 307 g/mol. The minimum atomic E-state index is -0.943. The highest BCUT2D eigenvalue weighted by atomic mass is 32.2. The van der Waals surface area contributed by atoms with Crippen LogP contribution in [0, 0.1) is 6.92 Å². The lowest BCUT2D eigenvalue weighted by Crippen LogP contribution is -2.30. The molecule has 0 atom stereocenters. The number of hydrogen-bond acceptors (Lipinski definition) is 4. The van der Waals surface area contributed by atoms with Crippen LogP contribution in [-0.4, -0.2) is 32.7 Å². The van der Waals surface area contributed by atoms with Gasteiger partial charge in [0.25, 0.3) is 5.91 Å². The number of thioether (sulfide) groups is 1. The van der Waals surface area contributed by atoms with Gasteiger partial charge < -0.3 is 5.11 Å². The zero-order valence-corrected chi connectivity index (χ0v) is 12.5. The van der Waals surface area contributed by atoms with E-state index in [0.717, 1.165) is 11.1 Å². The third-order valence-electron chi connectivity index (χ3n) is 2.76. The van der Waals surface area contributed by atoms with Gasteiger partial charge in [-0.3, -0.25) is 14.5 Å². The van der Waals surface area contributed by atoms with Crippen LogP contribution in [0.15, 0.2) is 29.2 Å². The largest absolute Gasteiger partial charge is 0.481 e. The molecular weight excluding hydrogens is 294 g/mol. The van der Waals surface area contributed by atoms with E-state index in [9.17, 15) is 9.59 Å². The summed E-state index contributed by atoms with van der Waals surface area (Å²) in [5.41, 5.74) is 2.05. The Labute approximate surface area is 126 Å². The molecule has 1 amide bonds. The first-order valence-corrected chi connectivity index (χ1v) is 7.23. The number of carboxylic acid groups (broad SMARTS) is 1. The lowest BCUT2D eigenvalue weighted by atomic mass is 10.1. The van der Waals surface area contributed by atoms with Crippen molar-refractivity contribution in [2.45, 2.75) is 13.3 Å². The Morgan fingerprint density at radius 1 is 1.50 bits per heavy atom. The van der Waals surface area contributed by atoms with Gasteiger partial charge in [0.1, 0.15) is 4.32 Å². The van der Waals surface area contributed by atoms with Crippen LogP contribution < -0.4 is 0 Å². The van der Waals surface area contributed by atoms with E-state index in [0.29, 0.717) is 9.23 Å². The average molecular weight is 307 g/mol. The second kappa shape index (κ2) is 6.19. The van der Waals surface area contributed by atoms with E-state index in [1.807, 2.05) is 31.2 Å². The number of amides is 1. The summed E-state index contributed by atoms with van der Waals surface area (Å²) in [5.74, 6) is -1.16. The molecule has 2 rings (SSSR count). The number of carbonyl (C=O) groups is 2. The molecule has 1 aliphatic heterocycles. The van der Waals surface area contributed by atoms with Crippen molar-refractivity contribution in [3.8, 4) is 0 Å². The summed E-state index contributed by atoms with van der Waals surface area (Å²) in [4.78, 5) is 24.6. The molecule has 1 aromatic rings. The smallest absolute Gasteiger partial charge is 0.305 e. The molecule has 0 aliphatic carbocycles. The molecule has 1 heterocycles. The van der Waals surface area contributed by atoms with Crippen molar-refractivity contribution < 1.29 is 14.7 Å². The van der Waals surface area contributed by atoms with Crippen LogP contribution >= 0.6 is 24.0 Å². The number of carbonyl (C=O) groups excluding carboxylic acids is 1. The quantitative estimate of drug-likeness (QED) is 0.684. The molecule has 1 saturated heterocycles. The first-order chi connectivity index (χ1) is 9.47. The second-order valence-electron chi connectivity index (χ2n) is 4.39. The predicted molar refractivity (Wildman–Crippen MR) is 83.3 cm³/mol. The van der Waals surface area contributed by atoms with E-state index >= 15 is 0 Å². The molecule has 0 radical (unpaired) electrons. The number of aliphatic carboxylic acids is 1. The van der Waals surface area contributed by atoms with Gasteiger partial charge in [-0.15, -0.1) is 0 Å². The fourth-order valence-corrected chi connectivity index (χ4v) is 3.12. The number of nitrogens with zero attached hydrogens (tertiary/aromatic N) is 1. The van der Waals surface area contributed by atoms with Gasteiger partial charge in [0.15, 0.2) is 0 Å². The fraction of sp³-hybridized carbons (Fsp3) is 0.214. The van der Waals surface area contributed by atoms with E-state index in [1.54, 1.807) is 6.08 Å². The molecule has 6 heteroatoms. The van der Waals surface area contributed by atoms with Crippen LogP contribution in [0.5, 0.6) is 0 Å².